The van der Waals surface area contributed by atoms with E-state index in [4.69, 9.17) is 0 Å². The van der Waals surface area contributed by atoms with Crippen LogP contribution in [0.25, 0.3) is 10.8 Å². The summed E-state index contributed by atoms with van der Waals surface area (Å²) in [4.78, 5) is 0.315. The smallest absolute Gasteiger partial charge is 0.131 e. The predicted octanol–water partition coefficient (Wildman–Crippen LogP) is 4.75. The summed E-state index contributed by atoms with van der Waals surface area (Å²) in [5, 5.41) is 1.84. The lowest BCUT2D eigenvalue weighted by atomic mass is 9.87. The third-order valence-corrected chi connectivity index (χ3v) is 4.31. The van der Waals surface area contributed by atoms with Gasteiger partial charge in [0.25, 0.3) is 0 Å². The number of alkyl halides is 1. The second-order valence-corrected chi connectivity index (χ2v) is 5.44. The quantitative estimate of drug-likeness (QED) is 0.610. The SMILES string of the molecule is Fc1cc2c(c3ccccc13)CCCC2Br. The van der Waals surface area contributed by atoms with E-state index in [1.807, 2.05) is 24.3 Å². The summed E-state index contributed by atoms with van der Waals surface area (Å²) in [6, 6.07) is 9.48. The Bertz CT molecular complexity index is 548. The zero-order chi connectivity index (χ0) is 11.1. The summed E-state index contributed by atoms with van der Waals surface area (Å²) < 4.78 is 13.9. The Kier molecular flexibility index (Phi) is 2.47. The number of halogens is 2. The molecule has 0 aliphatic heterocycles. The van der Waals surface area contributed by atoms with E-state index in [0.717, 1.165) is 29.2 Å². The number of rotatable bonds is 0. The third kappa shape index (κ3) is 1.47. The van der Waals surface area contributed by atoms with Gasteiger partial charge in [0, 0.05) is 10.2 Å². The first-order valence-corrected chi connectivity index (χ1v) is 6.53. The maximum absolute atomic E-state index is 13.9. The predicted molar refractivity (Wildman–Crippen MR) is 68.5 cm³/mol. The maximum atomic E-state index is 13.9. The molecule has 0 amide bonds. The van der Waals surface area contributed by atoms with Crippen LogP contribution in [0.4, 0.5) is 4.39 Å². The molecule has 0 N–H and O–H groups in total. The van der Waals surface area contributed by atoms with Crippen molar-refractivity contribution in [3.05, 3.63) is 47.3 Å². The Labute approximate surface area is 103 Å². The second-order valence-electron chi connectivity index (χ2n) is 4.33. The molecule has 0 nitrogen and oxygen atoms in total. The first kappa shape index (κ1) is 10.3. The number of fused-ring (bicyclic) bond motifs is 3. The highest BCUT2D eigenvalue weighted by Gasteiger charge is 2.21. The van der Waals surface area contributed by atoms with Gasteiger partial charge in [0.2, 0.25) is 0 Å². The molecule has 2 aromatic rings. The van der Waals surface area contributed by atoms with E-state index >= 15 is 0 Å². The molecule has 82 valence electrons. The molecule has 0 saturated carbocycles. The Balaban J connectivity index is 2.38. The molecule has 0 saturated heterocycles. The van der Waals surface area contributed by atoms with Crippen molar-refractivity contribution in [2.45, 2.75) is 24.1 Å². The van der Waals surface area contributed by atoms with E-state index in [2.05, 4.69) is 15.9 Å². The van der Waals surface area contributed by atoms with Gasteiger partial charge in [-0.2, -0.15) is 0 Å². The Morgan fingerprint density at radius 3 is 2.75 bits per heavy atom. The van der Waals surface area contributed by atoms with Crippen molar-refractivity contribution < 1.29 is 4.39 Å². The van der Waals surface area contributed by atoms with Gasteiger partial charge in [0.05, 0.1) is 0 Å². The van der Waals surface area contributed by atoms with E-state index in [-0.39, 0.29) is 5.82 Å². The van der Waals surface area contributed by atoms with Crippen LogP contribution < -0.4 is 0 Å². The standard InChI is InChI=1S/C14H12BrF/c15-13-7-3-6-10-9-4-1-2-5-11(9)14(16)8-12(10)13/h1-2,4-5,8,13H,3,6-7H2. The van der Waals surface area contributed by atoms with E-state index in [1.165, 1.54) is 12.0 Å². The molecule has 0 spiro atoms. The van der Waals surface area contributed by atoms with Crippen molar-refractivity contribution in [2.24, 2.45) is 0 Å². The van der Waals surface area contributed by atoms with E-state index < -0.39 is 0 Å². The zero-order valence-electron chi connectivity index (χ0n) is 8.84. The minimum absolute atomic E-state index is 0.0966. The molecule has 0 radical (unpaired) electrons. The fourth-order valence-electron chi connectivity index (χ4n) is 2.58. The molecule has 0 bridgehead atoms. The summed E-state index contributed by atoms with van der Waals surface area (Å²) in [5.41, 5.74) is 2.47. The lowest BCUT2D eigenvalue weighted by Gasteiger charge is -2.23. The van der Waals surface area contributed by atoms with Crippen LogP contribution in [0.2, 0.25) is 0 Å². The van der Waals surface area contributed by atoms with Gasteiger partial charge < -0.3 is 0 Å². The zero-order valence-corrected chi connectivity index (χ0v) is 10.4. The highest BCUT2D eigenvalue weighted by atomic mass is 79.9. The summed E-state index contributed by atoms with van der Waals surface area (Å²) in [6.45, 7) is 0. The van der Waals surface area contributed by atoms with Gasteiger partial charge in [0.1, 0.15) is 5.82 Å². The molecule has 3 rings (SSSR count). The van der Waals surface area contributed by atoms with Gasteiger partial charge in [-0.25, -0.2) is 4.39 Å². The topological polar surface area (TPSA) is 0 Å². The average Bonchev–Trinajstić information content (AvgIpc) is 2.31. The Hall–Kier alpha value is -0.890. The second kappa shape index (κ2) is 3.85. The highest BCUT2D eigenvalue weighted by molar-refractivity contribution is 9.09. The monoisotopic (exact) mass is 278 g/mol. The molecule has 1 unspecified atom stereocenters. The van der Waals surface area contributed by atoms with Crippen LogP contribution in [0.15, 0.2) is 30.3 Å². The minimum atomic E-state index is -0.0966. The molecule has 1 atom stereocenters. The lowest BCUT2D eigenvalue weighted by Crippen LogP contribution is -2.06. The summed E-state index contributed by atoms with van der Waals surface area (Å²) in [5.74, 6) is -0.0966. The number of hydrogen-bond acceptors (Lipinski definition) is 0. The van der Waals surface area contributed by atoms with Crippen molar-refractivity contribution in [3.63, 3.8) is 0 Å². The first-order chi connectivity index (χ1) is 7.77. The largest absolute Gasteiger partial charge is 0.206 e. The van der Waals surface area contributed by atoms with Gasteiger partial charge in [-0.15, -0.1) is 0 Å². The third-order valence-electron chi connectivity index (χ3n) is 3.36. The van der Waals surface area contributed by atoms with E-state index in [1.54, 1.807) is 6.07 Å². The molecule has 0 fully saturated rings. The van der Waals surface area contributed by atoms with E-state index in [0.29, 0.717) is 4.83 Å². The van der Waals surface area contributed by atoms with Crippen molar-refractivity contribution in [2.75, 3.05) is 0 Å². The molecule has 1 aliphatic carbocycles. The highest BCUT2D eigenvalue weighted by Crippen LogP contribution is 2.40. The fourth-order valence-corrected chi connectivity index (χ4v) is 3.32. The first-order valence-electron chi connectivity index (χ1n) is 5.61. The molecular weight excluding hydrogens is 267 g/mol. The van der Waals surface area contributed by atoms with Crippen LogP contribution >= 0.6 is 15.9 Å². The van der Waals surface area contributed by atoms with Gasteiger partial charge in [-0.1, -0.05) is 40.2 Å². The molecule has 16 heavy (non-hydrogen) atoms. The number of hydrogen-bond donors (Lipinski definition) is 0. The van der Waals surface area contributed by atoms with Crippen molar-refractivity contribution >= 4 is 26.7 Å². The van der Waals surface area contributed by atoms with E-state index in [9.17, 15) is 4.39 Å². The number of aryl methyl sites for hydroxylation is 1. The van der Waals surface area contributed by atoms with Crippen molar-refractivity contribution in [3.8, 4) is 0 Å². The van der Waals surface area contributed by atoms with Crippen LogP contribution in [0.3, 0.4) is 0 Å². The molecule has 2 aromatic carbocycles. The van der Waals surface area contributed by atoms with Crippen LogP contribution in [0.5, 0.6) is 0 Å². The van der Waals surface area contributed by atoms with Crippen LogP contribution in [-0.2, 0) is 6.42 Å². The summed E-state index contributed by atoms with van der Waals surface area (Å²) >= 11 is 3.64. The molecule has 0 heterocycles. The Morgan fingerprint density at radius 1 is 1.19 bits per heavy atom. The summed E-state index contributed by atoms with van der Waals surface area (Å²) in [7, 11) is 0. The molecule has 2 heteroatoms. The van der Waals surface area contributed by atoms with Crippen LogP contribution in [0, 0.1) is 5.82 Å². The normalized spacial score (nSPS) is 19.8. The van der Waals surface area contributed by atoms with Gasteiger partial charge in [-0.05, 0) is 41.8 Å². The van der Waals surface area contributed by atoms with Crippen LogP contribution in [-0.4, -0.2) is 0 Å². The maximum Gasteiger partial charge on any atom is 0.131 e. The lowest BCUT2D eigenvalue weighted by molar-refractivity contribution is 0.626. The molecular formula is C14H12BrF. The minimum Gasteiger partial charge on any atom is -0.206 e. The molecule has 0 aromatic heterocycles. The Morgan fingerprint density at radius 2 is 1.94 bits per heavy atom. The van der Waals surface area contributed by atoms with Gasteiger partial charge >= 0.3 is 0 Å². The fraction of sp³-hybridized carbons (Fsp3) is 0.286. The van der Waals surface area contributed by atoms with Gasteiger partial charge in [0.15, 0.2) is 0 Å². The average molecular weight is 279 g/mol. The number of benzene rings is 2. The summed E-state index contributed by atoms with van der Waals surface area (Å²) in [6.07, 6.45) is 3.35. The van der Waals surface area contributed by atoms with Crippen molar-refractivity contribution in [1.82, 2.24) is 0 Å². The molecule has 1 aliphatic rings. The van der Waals surface area contributed by atoms with Gasteiger partial charge in [-0.3, -0.25) is 0 Å². The van der Waals surface area contributed by atoms with Crippen molar-refractivity contribution in [1.29, 1.82) is 0 Å². The van der Waals surface area contributed by atoms with Crippen LogP contribution in [0.1, 0.15) is 28.8 Å².